The maximum Gasteiger partial charge on any atom is 0.141 e. The number of benzene rings is 3. The lowest BCUT2D eigenvalue weighted by Crippen LogP contribution is -1.94. The van der Waals surface area contributed by atoms with Crippen molar-refractivity contribution in [2.24, 2.45) is 4.99 Å². The lowest BCUT2D eigenvalue weighted by Gasteiger charge is -2.12. The molecule has 0 radical (unpaired) electrons. The Hall–Kier alpha value is -3.15. The van der Waals surface area contributed by atoms with Crippen molar-refractivity contribution in [2.45, 2.75) is 6.92 Å². The van der Waals surface area contributed by atoms with Crippen molar-refractivity contribution in [2.75, 3.05) is 11.1 Å². The van der Waals surface area contributed by atoms with Crippen molar-refractivity contribution in [1.82, 2.24) is 0 Å². The van der Waals surface area contributed by atoms with E-state index in [1.165, 1.54) is 17.4 Å². The quantitative estimate of drug-likeness (QED) is 0.320. The monoisotopic (exact) mass is 435 g/mol. The number of anilines is 3. The molecule has 0 amide bonds. The molecule has 0 saturated carbocycles. The summed E-state index contributed by atoms with van der Waals surface area (Å²) in [6, 6.07) is 18.7. The van der Waals surface area contributed by atoms with E-state index in [1.54, 1.807) is 18.3 Å². The smallest absolute Gasteiger partial charge is 0.141 e. The number of nitrogens with zero attached hydrogens (tertiary/aromatic N) is 1. The minimum absolute atomic E-state index is 0.0561. The predicted molar refractivity (Wildman–Crippen MR) is 129 cm³/mol. The first-order valence-electron chi connectivity index (χ1n) is 9.25. The van der Waals surface area contributed by atoms with Gasteiger partial charge in [-0.2, -0.15) is 0 Å². The molecule has 30 heavy (non-hydrogen) atoms. The van der Waals surface area contributed by atoms with Gasteiger partial charge in [0.05, 0.1) is 10.7 Å². The number of nitrogen functional groups attached to an aromatic ring is 1. The molecule has 0 atom stereocenters. The summed E-state index contributed by atoms with van der Waals surface area (Å²) in [4.78, 5) is 4.05. The van der Waals surface area contributed by atoms with Gasteiger partial charge in [0.15, 0.2) is 0 Å². The third-order valence-corrected chi connectivity index (χ3v) is 6.24. The van der Waals surface area contributed by atoms with E-state index in [9.17, 15) is 4.39 Å². The Kier molecular flexibility index (Phi) is 5.57. The zero-order valence-corrected chi connectivity index (χ0v) is 17.8. The number of fused-ring (bicyclic) bond motifs is 1. The lowest BCUT2D eigenvalue weighted by atomic mass is 9.94. The number of aliphatic imine (C=N–C) groups is 1. The van der Waals surface area contributed by atoms with Crippen LogP contribution in [0.3, 0.4) is 0 Å². The van der Waals surface area contributed by atoms with E-state index in [0.717, 1.165) is 38.0 Å². The van der Waals surface area contributed by atoms with E-state index < -0.39 is 5.82 Å². The molecule has 6 heteroatoms. The topological polar surface area (TPSA) is 50.4 Å². The highest BCUT2D eigenvalue weighted by Gasteiger charge is 2.17. The maximum absolute atomic E-state index is 13.5. The van der Waals surface area contributed by atoms with E-state index in [1.807, 2.05) is 24.3 Å². The van der Waals surface area contributed by atoms with Gasteiger partial charge in [0.1, 0.15) is 10.8 Å². The molecule has 1 heterocycles. The Labute approximate surface area is 183 Å². The van der Waals surface area contributed by atoms with Crippen LogP contribution in [-0.4, -0.2) is 6.72 Å². The van der Waals surface area contributed by atoms with Crippen LogP contribution in [0.15, 0.2) is 71.9 Å². The molecule has 0 spiro atoms. The SMILES string of the molecule is C=N/C=C(\c1ccccc1C)c1cccc2c(Nc3ccc(F)c(Cl)c3)c(N)sc12. The van der Waals surface area contributed by atoms with Crippen molar-refractivity contribution in [3.8, 4) is 0 Å². The fraction of sp³-hybridized carbons (Fsp3) is 0.0417. The van der Waals surface area contributed by atoms with Crippen molar-refractivity contribution >= 4 is 61.7 Å². The van der Waals surface area contributed by atoms with Gasteiger partial charge in [-0.05, 0) is 43.0 Å². The molecule has 0 aliphatic carbocycles. The lowest BCUT2D eigenvalue weighted by molar-refractivity contribution is 0.628. The number of thiophene rings is 1. The second-order valence-electron chi connectivity index (χ2n) is 6.82. The number of nitrogens with two attached hydrogens (primary N) is 1. The molecule has 0 aliphatic rings. The van der Waals surface area contributed by atoms with Gasteiger partial charge in [-0.3, -0.25) is 4.99 Å². The van der Waals surface area contributed by atoms with Crippen LogP contribution in [0.2, 0.25) is 5.02 Å². The normalized spacial score (nSPS) is 11.6. The first-order chi connectivity index (χ1) is 14.5. The van der Waals surface area contributed by atoms with Crippen LogP contribution in [0.25, 0.3) is 15.7 Å². The summed E-state index contributed by atoms with van der Waals surface area (Å²) in [5.74, 6) is -0.461. The van der Waals surface area contributed by atoms with Crippen molar-refractivity contribution in [3.63, 3.8) is 0 Å². The van der Waals surface area contributed by atoms with Gasteiger partial charge in [0.2, 0.25) is 0 Å². The minimum Gasteiger partial charge on any atom is -0.389 e. The molecule has 3 N–H and O–H groups in total. The second kappa shape index (κ2) is 8.30. The van der Waals surface area contributed by atoms with Gasteiger partial charge in [-0.25, -0.2) is 4.39 Å². The summed E-state index contributed by atoms with van der Waals surface area (Å²) >= 11 is 7.42. The van der Waals surface area contributed by atoms with E-state index in [4.69, 9.17) is 17.3 Å². The summed E-state index contributed by atoms with van der Waals surface area (Å²) in [5, 5.41) is 4.95. The highest BCUT2D eigenvalue weighted by molar-refractivity contribution is 7.23. The van der Waals surface area contributed by atoms with Crippen molar-refractivity contribution in [1.29, 1.82) is 0 Å². The zero-order valence-electron chi connectivity index (χ0n) is 16.2. The standard InChI is InChI=1S/C24H19ClFN3S/c1-14-6-3-4-7-16(14)19(13-28-2)17-8-5-9-18-22(24(27)30-23(17)18)29-15-10-11-21(26)20(25)12-15/h3-13,29H,2,27H2,1H3/b19-13+. The Morgan fingerprint density at radius 1 is 1.13 bits per heavy atom. The molecule has 0 saturated heterocycles. The third-order valence-electron chi connectivity index (χ3n) is 4.88. The number of hydrogen-bond acceptors (Lipinski definition) is 4. The number of rotatable bonds is 5. The van der Waals surface area contributed by atoms with E-state index >= 15 is 0 Å². The summed E-state index contributed by atoms with van der Waals surface area (Å²) in [5.41, 5.74) is 12.1. The van der Waals surface area contributed by atoms with Gasteiger partial charge in [-0.15, -0.1) is 11.3 Å². The molecule has 0 unspecified atom stereocenters. The van der Waals surface area contributed by atoms with Crippen LogP contribution in [-0.2, 0) is 0 Å². The molecular weight excluding hydrogens is 417 g/mol. The predicted octanol–water partition coefficient (Wildman–Crippen LogP) is 7.42. The summed E-state index contributed by atoms with van der Waals surface area (Å²) in [6.07, 6.45) is 1.78. The molecular formula is C24H19ClFN3S. The third kappa shape index (κ3) is 3.70. The molecule has 3 aromatic carbocycles. The Morgan fingerprint density at radius 2 is 1.90 bits per heavy atom. The van der Waals surface area contributed by atoms with Gasteiger partial charge in [0, 0.05) is 33.1 Å². The van der Waals surface area contributed by atoms with Gasteiger partial charge >= 0.3 is 0 Å². The number of aryl methyl sites for hydroxylation is 1. The Morgan fingerprint density at radius 3 is 2.63 bits per heavy atom. The summed E-state index contributed by atoms with van der Waals surface area (Å²) in [7, 11) is 0. The Bertz CT molecular complexity index is 1290. The van der Waals surface area contributed by atoms with Crippen molar-refractivity contribution < 1.29 is 4.39 Å². The van der Waals surface area contributed by atoms with Crippen LogP contribution in [0.4, 0.5) is 20.8 Å². The van der Waals surface area contributed by atoms with E-state index in [-0.39, 0.29) is 5.02 Å². The highest BCUT2D eigenvalue weighted by atomic mass is 35.5. The molecule has 4 aromatic rings. The van der Waals surface area contributed by atoms with Crippen LogP contribution >= 0.6 is 22.9 Å². The fourth-order valence-corrected chi connectivity index (χ4v) is 4.68. The van der Waals surface area contributed by atoms with Gasteiger partial charge in [0.25, 0.3) is 0 Å². The van der Waals surface area contributed by atoms with Crippen LogP contribution in [0.1, 0.15) is 16.7 Å². The number of hydrogen-bond donors (Lipinski definition) is 2. The van der Waals surface area contributed by atoms with Crippen LogP contribution < -0.4 is 11.1 Å². The van der Waals surface area contributed by atoms with Gasteiger partial charge < -0.3 is 11.1 Å². The average Bonchev–Trinajstić information content (AvgIpc) is 3.05. The first-order valence-corrected chi connectivity index (χ1v) is 10.4. The molecule has 1 aromatic heterocycles. The first kappa shape index (κ1) is 20.1. The van der Waals surface area contributed by atoms with E-state index in [0.29, 0.717) is 10.7 Å². The molecule has 0 fully saturated rings. The van der Waals surface area contributed by atoms with Crippen molar-refractivity contribution in [3.05, 3.63) is 94.4 Å². The molecule has 0 bridgehead atoms. The zero-order chi connectivity index (χ0) is 21.3. The highest BCUT2D eigenvalue weighted by Crippen LogP contribution is 2.44. The maximum atomic E-state index is 13.5. The molecule has 150 valence electrons. The van der Waals surface area contributed by atoms with Gasteiger partial charge in [-0.1, -0.05) is 54.1 Å². The minimum atomic E-state index is -0.461. The fourth-order valence-electron chi connectivity index (χ4n) is 3.45. The number of nitrogens with one attached hydrogen (secondary N) is 1. The average molecular weight is 436 g/mol. The van der Waals surface area contributed by atoms with E-state index in [2.05, 4.69) is 42.1 Å². The Balaban J connectivity index is 1.86. The molecule has 3 nitrogen and oxygen atoms in total. The largest absolute Gasteiger partial charge is 0.389 e. The molecule has 4 rings (SSSR count). The van der Waals surface area contributed by atoms with Crippen LogP contribution in [0.5, 0.6) is 0 Å². The second-order valence-corrected chi connectivity index (χ2v) is 8.28. The van der Waals surface area contributed by atoms with Crippen LogP contribution in [0, 0.1) is 12.7 Å². The molecule has 0 aliphatic heterocycles. The summed E-state index contributed by atoms with van der Waals surface area (Å²) < 4.78 is 14.5. The number of halogens is 2. The summed E-state index contributed by atoms with van der Waals surface area (Å²) in [6.45, 7) is 5.72.